The number of carbonyl (C=O) groups excluding carboxylic acids is 3. The normalized spacial score (nSPS) is 12.1. The molecule has 0 aliphatic heterocycles. The first-order valence-corrected chi connectivity index (χ1v) is 20.4. The maximum Gasteiger partial charge on any atom is 0.311 e. The second-order valence-electron chi connectivity index (χ2n) is 15.1. The molecule has 0 saturated heterocycles. The van der Waals surface area contributed by atoms with Crippen LogP contribution in [0.3, 0.4) is 0 Å². The van der Waals surface area contributed by atoms with Gasteiger partial charge in [0, 0.05) is 12.8 Å². The molecule has 0 radical (unpaired) electrons. The number of hydrogen-bond donors (Lipinski definition) is 0. The molecule has 0 heterocycles. The monoisotopic (exact) mass is 691 g/mol. The molecule has 0 aromatic rings. The molecule has 0 unspecified atom stereocenters. The molecule has 0 aromatic heterocycles. The van der Waals surface area contributed by atoms with Crippen LogP contribution in [0.1, 0.15) is 202 Å². The van der Waals surface area contributed by atoms with Gasteiger partial charge in [0.05, 0.1) is 5.41 Å². The molecule has 6 heteroatoms. The number of hydrogen-bond acceptors (Lipinski definition) is 6. The minimum absolute atomic E-state index is 0.0525. The molecule has 0 aliphatic rings. The topological polar surface area (TPSA) is 78.9 Å². The van der Waals surface area contributed by atoms with E-state index >= 15 is 0 Å². The Morgan fingerprint density at radius 3 is 1.39 bits per heavy atom. The number of ether oxygens (including phenoxy) is 3. The summed E-state index contributed by atoms with van der Waals surface area (Å²) in [7, 11) is 0. The first kappa shape index (κ1) is 46.9. The first-order chi connectivity index (χ1) is 23.6. The van der Waals surface area contributed by atoms with E-state index in [0.29, 0.717) is 32.0 Å². The molecule has 0 rings (SSSR count). The number of carbonyl (C=O) groups is 3. The highest BCUT2D eigenvalue weighted by Crippen LogP contribution is 2.29. The van der Waals surface area contributed by atoms with E-state index in [4.69, 9.17) is 14.2 Å². The Morgan fingerprint density at radius 1 is 0.551 bits per heavy atom. The fraction of sp³-hybridized carbons (Fsp3) is 0.837. The van der Waals surface area contributed by atoms with Crippen LogP contribution >= 0.6 is 0 Å². The second kappa shape index (κ2) is 33.1. The number of rotatable bonds is 34. The van der Waals surface area contributed by atoms with Crippen molar-refractivity contribution in [3.63, 3.8) is 0 Å². The molecule has 0 N–H and O–H groups in total. The van der Waals surface area contributed by atoms with Crippen LogP contribution in [0, 0.1) is 11.3 Å². The van der Waals surface area contributed by atoms with Crippen LogP contribution in [0.15, 0.2) is 24.3 Å². The Balaban J connectivity index is 4.28. The molecule has 0 bridgehead atoms. The van der Waals surface area contributed by atoms with Gasteiger partial charge >= 0.3 is 17.9 Å². The Hall–Kier alpha value is -2.11. The largest absolute Gasteiger partial charge is 0.462 e. The van der Waals surface area contributed by atoms with Crippen molar-refractivity contribution in [3.05, 3.63) is 24.3 Å². The Bertz CT molecular complexity index is 806. The van der Waals surface area contributed by atoms with Crippen molar-refractivity contribution in [2.45, 2.75) is 208 Å². The second-order valence-corrected chi connectivity index (χ2v) is 15.1. The molecule has 0 fully saturated rings. The molecule has 0 aromatic carbocycles. The van der Waals surface area contributed by atoms with Gasteiger partial charge in [0.1, 0.15) is 19.3 Å². The van der Waals surface area contributed by atoms with E-state index in [2.05, 4.69) is 39.8 Å². The van der Waals surface area contributed by atoms with E-state index in [0.717, 1.165) is 96.3 Å². The Kier molecular flexibility index (Phi) is 31.6. The number of allylic oxidation sites excluding steroid dienone is 2. The van der Waals surface area contributed by atoms with Gasteiger partial charge in [-0.15, -0.1) is 0 Å². The molecular formula is C43H78O6. The van der Waals surface area contributed by atoms with Crippen molar-refractivity contribution in [1.29, 1.82) is 0 Å². The van der Waals surface area contributed by atoms with Gasteiger partial charge in [-0.1, -0.05) is 129 Å². The highest BCUT2D eigenvalue weighted by molar-refractivity contribution is 5.76. The Morgan fingerprint density at radius 2 is 0.959 bits per heavy atom. The van der Waals surface area contributed by atoms with E-state index in [1.165, 1.54) is 51.4 Å². The lowest BCUT2D eigenvalue weighted by Gasteiger charge is -2.28. The summed E-state index contributed by atoms with van der Waals surface area (Å²) >= 11 is 0. The van der Waals surface area contributed by atoms with Crippen molar-refractivity contribution in [3.8, 4) is 0 Å². The zero-order valence-corrected chi connectivity index (χ0v) is 33.0. The van der Waals surface area contributed by atoms with Crippen LogP contribution in [-0.2, 0) is 28.6 Å². The zero-order valence-electron chi connectivity index (χ0n) is 33.0. The SMILES string of the molecule is CCCCCC/C=C\COC(=O)CCCCCCCC(CCCCCCCC(=O)OC/C=C\CCCCCC)OC(=O)C(C)(C)CC(C)C. The Labute approximate surface area is 303 Å². The summed E-state index contributed by atoms with van der Waals surface area (Å²) in [6.45, 7) is 13.5. The molecular weight excluding hydrogens is 612 g/mol. The summed E-state index contributed by atoms with van der Waals surface area (Å²) in [5.41, 5.74) is -0.482. The van der Waals surface area contributed by atoms with E-state index in [1.807, 2.05) is 26.0 Å². The average Bonchev–Trinajstić information content (AvgIpc) is 3.05. The lowest BCUT2D eigenvalue weighted by Crippen LogP contribution is -2.32. The standard InChI is InChI=1S/C43H78O6/c1-7-9-11-13-15-23-29-35-47-40(44)33-27-21-17-19-25-31-39(49-42(46)43(5,6)37-38(3)4)32-26-20-18-22-28-34-41(45)48-36-30-24-16-14-12-10-8-2/h23-24,29-30,38-39H,7-22,25-28,31-37H2,1-6H3/b29-23-,30-24-. The summed E-state index contributed by atoms with van der Waals surface area (Å²) in [6.07, 6.45) is 33.9. The van der Waals surface area contributed by atoms with Gasteiger partial charge in [0.2, 0.25) is 0 Å². The van der Waals surface area contributed by atoms with Crippen LogP contribution < -0.4 is 0 Å². The van der Waals surface area contributed by atoms with Crippen LogP contribution in [0.25, 0.3) is 0 Å². The van der Waals surface area contributed by atoms with Crippen molar-refractivity contribution in [2.24, 2.45) is 11.3 Å². The van der Waals surface area contributed by atoms with Crippen molar-refractivity contribution in [1.82, 2.24) is 0 Å². The summed E-state index contributed by atoms with van der Waals surface area (Å²) in [6, 6.07) is 0. The third-order valence-corrected chi connectivity index (χ3v) is 9.02. The van der Waals surface area contributed by atoms with E-state index in [-0.39, 0.29) is 24.0 Å². The van der Waals surface area contributed by atoms with Crippen LogP contribution in [0.5, 0.6) is 0 Å². The molecule has 49 heavy (non-hydrogen) atoms. The van der Waals surface area contributed by atoms with Gasteiger partial charge < -0.3 is 14.2 Å². The quantitative estimate of drug-likeness (QED) is 0.0289. The van der Waals surface area contributed by atoms with Gasteiger partial charge in [0.25, 0.3) is 0 Å². The molecule has 0 amide bonds. The van der Waals surface area contributed by atoms with Crippen molar-refractivity contribution in [2.75, 3.05) is 13.2 Å². The lowest BCUT2D eigenvalue weighted by molar-refractivity contribution is -0.161. The molecule has 286 valence electrons. The lowest BCUT2D eigenvalue weighted by atomic mass is 9.84. The average molecular weight is 691 g/mol. The highest BCUT2D eigenvalue weighted by atomic mass is 16.5. The minimum atomic E-state index is -0.482. The smallest absolute Gasteiger partial charge is 0.311 e. The fourth-order valence-corrected chi connectivity index (χ4v) is 6.20. The molecule has 6 nitrogen and oxygen atoms in total. The van der Waals surface area contributed by atoms with E-state index in [9.17, 15) is 14.4 Å². The fourth-order valence-electron chi connectivity index (χ4n) is 6.20. The molecule has 0 atom stereocenters. The highest BCUT2D eigenvalue weighted by Gasteiger charge is 2.32. The van der Waals surface area contributed by atoms with Gasteiger partial charge in [-0.25, -0.2) is 0 Å². The predicted molar refractivity (Wildman–Crippen MR) is 205 cm³/mol. The van der Waals surface area contributed by atoms with Gasteiger partial charge in [-0.3, -0.25) is 14.4 Å². The molecule has 0 spiro atoms. The van der Waals surface area contributed by atoms with Crippen LogP contribution in [0.2, 0.25) is 0 Å². The predicted octanol–water partition coefficient (Wildman–Crippen LogP) is 12.6. The van der Waals surface area contributed by atoms with Crippen LogP contribution in [-0.4, -0.2) is 37.2 Å². The number of unbranched alkanes of at least 4 members (excludes halogenated alkanes) is 16. The summed E-state index contributed by atoms with van der Waals surface area (Å²) in [5.74, 6) is 0.135. The molecule has 0 aliphatic carbocycles. The van der Waals surface area contributed by atoms with Gasteiger partial charge in [-0.05, 0) is 90.4 Å². The van der Waals surface area contributed by atoms with Crippen molar-refractivity contribution >= 4 is 17.9 Å². The summed E-state index contributed by atoms with van der Waals surface area (Å²) < 4.78 is 16.8. The third kappa shape index (κ3) is 31.6. The van der Waals surface area contributed by atoms with E-state index < -0.39 is 5.41 Å². The van der Waals surface area contributed by atoms with E-state index in [1.54, 1.807) is 0 Å². The summed E-state index contributed by atoms with van der Waals surface area (Å²) in [4.78, 5) is 37.1. The first-order valence-electron chi connectivity index (χ1n) is 20.4. The molecule has 0 saturated carbocycles. The maximum atomic E-state index is 13.1. The van der Waals surface area contributed by atoms with Crippen molar-refractivity contribution < 1.29 is 28.6 Å². The maximum absolute atomic E-state index is 13.1. The minimum Gasteiger partial charge on any atom is -0.462 e. The summed E-state index contributed by atoms with van der Waals surface area (Å²) in [5, 5.41) is 0. The third-order valence-electron chi connectivity index (χ3n) is 9.02. The zero-order chi connectivity index (χ0) is 36.4. The van der Waals surface area contributed by atoms with Gasteiger partial charge in [-0.2, -0.15) is 0 Å². The van der Waals surface area contributed by atoms with Gasteiger partial charge in [0.15, 0.2) is 0 Å². The van der Waals surface area contributed by atoms with Crippen LogP contribution in [0.4, 0.5) is 0 Å². The number of esters is 3.